The van der Waals surface area contributed by atoms with E-state index in [9.17, 15) is 18.4 Å². The third-order valence-electron chi connectivity index (χ3n) is 4.01. The molecule has 1 N–H and O–H groups in total. The molecule has 6 nitrogen and oxygen atoms in total. The van der Waals surface area contributed by atoms with Gasteiger partial charge < -0.3 is 19.5 Å². The molecule has 31 heavy (non-hydrogen) atoms. The number of ether oxygens (including phenoxy) is 3. The minimum Gasteiger partial charge on any atom is -0.490 e. The monoisotopic (exact) mass is 433 g/mol. The van der Waals surface area contributed by atoms with Crippen LogP contribution in [-0.2, 0) is 14.3 Å². The molecule has 1 amide bonds. The molecule has 0 aliphatic heterocycles. The van der Waals surface area contributed by atoms with Gasteiger partial charge in [-0.2, -0.15) is 0 Å². The van der Waals surface area contributed by atoms with Crippen molar-refractivity contribution in [3.8, 4) is 11.5 Å². The molecule has 0 aliphatic carbocycles. The molecule has 0 fully saturated rings. The van der Waals surface area contributed by atoms with Crippen LogP contribution in [-0.4, -0.2) is 31.2 Å². The Morgan fingerprint density at radius 2 is 1.77 bits per heavy atom. The Morgan fingerprint density at radius 3 is 2.42 bits per heavy atom. The van der Waals surface area contributed by atoms with E-state index < -0.39 is 35.3 Å². The molecule has 0 bridgehead atoms. The SMILES string of the molecule is CCCOc1ccc(/C=C/C(=O)OC(C)C(=O)Nc2c(F)cccc2F)cc1OCC. The second kappa shape index (κ2) is 11.7. The molecule has 1 atom stereocenters. The highest BCUT2D eigenvalue weighted by Gasteiger charge is 2.20. The molecular formula is C23H25F2NO5. The predicted octanol–water partition coefficient (Wildman–Crippen LogP) is 4.74. The zero-order valence-electron chi connectivity index (χ0n) is 17.6. The zero-order chi connectivity index (χ0) is 22.8. The third-order valence-corrected chi connectivity index (χ3v) is 4.01. The molecule has 2 aromatic rings. The molecule has 2 rings (SSSR count). The summed E-state index contributed by atoms with van der Waals surface area (Å²) in [7, 11) is 0. The van der Waals surface area contributed by atoms with Crippen LogP contribution in [0.2, 0.25) is 0 Å². The van der Waals surface area contributed by atoms with Crippen molar-refractivity contribution in [1.29, 1.82) is 0 Å². The van der Waals surface area contributed by atoms with Crippen LogP contribution >= 0.6 is 0 Å². The van der Waals surface area contributed by atoms with E-state index in [-0.39, 0.29) is 0 Å². The van der Waals surface area contributed by atoms with E-state index in [0.717, 1.165) is 24.6 Å². The second-order valence-corrected chi connectivity index (χ2v) is 6.49. The lowest BCUT2D eigenvalue weighted by atomic mass is 10.2. The van der Waals surface area contributed by atoms with Crippen LogP contribution in [0.3, 0.4) is 0 Å². The number of halogens is 2. The van der Waals surface area contributed by atoms with Gasteiger partial charge in [0, 0.05) is 6.08 Å². The Bertz CT molecular complexity index is 925. The molecule has 8 heteroatoms. The first-order valence-electron chi connectivity index (χ1n) is 9.88. The number of amides is 1. The molecular weight excluding hydrogens is 408 g/mol. The number of hydrogen-bond donors (Lipinski definition) is 1. The van der Waals surface area contributed by atoms with Gasteiger partial charge in [-0.15, -0.1) is 0 Å². The second-order valence-electron chi connectivity index (χ2n) is 6.49. The van der Waals surface area contributed by atoms with Crippen molar-refractivity contribution in [3.05, 3.63) is 59.7 Å². The van der Waals surface area contributed by atoms with Crippen LogP contribution in [0.5, 0.6) is 11.5 Å². The highest BCUT2D eigenvalue weighted by atomic mass is 19.1. The predicted molar refractivity (Wildman–Crippen MR) is 113 cm³/mol. The van der Waals surface area contributed by atoms with Gasteiger partial charge in [0.15, 0.2) is 17.6 Å². The van der Waals surface area contributed by atoms with Crippen molar-refractivity contribution in [2.24, 2.45) is 0 Å². The van der Waals surface area contributed by atoms with Crippen molar-refractivity contribution in [1.82, 2.24) is 0 Å². The molecule has 0 radical (unpaired) electrons. The normalized spacial score (nSPS) is 11.8. The lowest BCUT2D eigenvalue weighted by Gasteiger charge is -2.13. The summed E-state index contributed by atoms with van der Waals surface area (Å²) in [5.74, 6) is -2.35. The maximum atomic E-state index is 13.6. The summed E-state index contributed by atoms with van der Waals surface area (Å²) in [4.78, 5) is 24.1. The summed E-state index contributed by atoms with van der Waals surface area (Å²) in [5.41, 5.74) is 0.0644. The van der Waals surface area contributed by atoms with Gasteiger partial charge in [0.05, 0.1) is 13.2 Å². The minimum atomic E-state index is -1.26. The quantitative estimate of drug-likeness (QED) is 0.433. The van der Waals surface area contributed by atoms with Crippen LogP contribution in [0.4, 0.5) is 14.5 Å². The van der Waals surface area contributed by atoms with Crippen molar-refractivity contribution >= 4 is 23.6 Å². The molecule has 0 spiro atoms. The van der Waals surface area contributed by atoms with Gasteiger partial charge in [-0.25, -0.2) is 13.6 Å². The minimum absolute atomic E-state index is 0.451. The molecule has 0 saturated heterocycles. The largest absolute Gasteiger partial charge is 0.490 e. The first-order valence-corrected chi connectivity index (χ1v) is 9.88. The summed E-state index contributed by atoms with van der Waals surface area (Å²) < 4.78 is 43.5. The van der Waals surface area contributed by atoms with Gasteiger partial charge in [-0.3, -0.25) is 4.79 Å². The molecule has 2 aromatic carbocycles. The Morgan fingerprint density at radius 1 is 1.06 bits per heavy atom. The summed E-state index contributed by atoms with van der Waals surface area (Å²) in [6.45, 7) is 6.15. The Hall–Kier alpha value is -3.42. The van der Waals surface area contributed by atoms with Gasteiger partial charge in [0.25, 0.3) is 5.91 Å². The molecule has 166 valence electrons. The summed E-state index contributed by atoms with van der Waals surface area (Å²) in [6, 6.07) is 8.39. The highest BCUT2D eigenvalue weighted by molar-refractivity contribution is 5.96. The van der Waals surface area contributed by atoms with Crippen molar-refractivity contribution in [2.45, 2.75) is 33.3 Å². The number of para-hydroxylation sites is 1. The van der Waals surface area contributed by atoms with Gasteiger partial charge in [0.2, 0.25) is 0 Å². The van der Waals surface area contributed by atoms with E-state index in [1.54, 1.807) is 18.2 Å². The number of benzene rings is 2. The zero-order valence-corrected chi connectivity index (χ0v) is 17.6. The number of carbonyl (C=O) groups is 2. The molecule has 1 unspecified atom stereocenters. The molecule has 0 aromatic heterocycles. The molecule has 0 heterocycles. The fourth-order valence-corrected chi connectivity index (χ4v) is 2.50. The van der Waals surface area contributed by atoms with E-state index in [0.29, 0.717) is 30.3 Å². The number of anilines is 1. The maximum absolute atomic E-state index is 13.6. The molecule has 0 saturated carbocycles. The number of carbonyl (C=O) groups excluding carboxylic acids is 2. The van der Waals surface area contributed by atoms with Crippen LogP contribution in [0.15, 0.2) is 42.5 Å². The first kappa shape index (κ1) is 23.9. The lowest BCUT2D eigenvalue weighted by Crippen LogP contribution is -2.30. The topological polar surface area (TPSA) is 73.9 Å². The third kappa shape index (κ3) is 7.09. The molecule has 0 aliphatic rings. The summed E-state index contributed by atoms with van der Waals surface area (Å²) in [6.07, 6.45) is 2.23. The first-order chi connectivity index (χ1) is 14.8. The van der Waals surface area contributed by atoms with E-state index >= 15 is 0 Å². The van der Waals surface area contributed by atoms with Crippen molar-refractivity contribution in [3.63, 3.8) is 0 Å². The van der Waals surface area contributed by atoms with Gasteiger partial charge in [-0.05, 0) is 56.2 Å². The van der Waals surface area contributed by atoms with E-state index in [4.69, 9.17) is 14.2 Å². The van der Waals surface area contributed by atoms with Crippen molar-refractivity contribution in [2.75, 3.05) is 18.5 Å². The van der Waals surface area contributed by atoms with Crippen molar-refractivity contribution < 1.29 is 32.6 Å². The van der Waals surface area contributed by atoms with Crippen LogP contribution < -0.4 is 14.8 Å². The van der Waals surface area contributed by atoms with Gasteiger partial charge in [0.1, 0.15) is 17.3 Å². The van der Waals surface area contributed by atoms with Gasteiger partial charge >= 0.3 is 5.97 Å². The van der Waals surface area contributed by atoms with Crippen LogP contribution in [0.25, 0.3) is 6.08 Å². The van der Waals surface area contributed by atoms with Gasteiger partial charge in [-0.1, -0.05) is 19.1 Å². The fourth-order valence-electron chi connectivity index (χ4n) is 2.50. The average molecular weight is 433 g/mol. The van der Waals surface area contributed by atoms with E-state index in [2.05, 4.69) is 5.32 Å². The average Bonchev–Trinajstić information content (AvgIpc) is 2.74. The van der Waals surface area contributed by atoms with Crippen LogP contribution in [0.1, 0.15) is 32.8 Å². The smallest absolute Gasteiger partial charge is 0.331 e. The summed E-state index contributed by atoms with van der Waals surface area (Å²) in [5, 5.41) is 2.08. The van der Waals surface area contributed by atoms with E-state index in [1.165, 1.54) is 19.1 Å². The number of nitrogens with one attached hydrogen (secondary N) is 1. The maximum Gasteiger partial charge on any atom is 0.331 e. The fraction of sp³-hybridized carbons (Fsp3) is 0.304. The van der Waals surface area contributed by atoms with Crippen LogP contribution in [0, 0.1) is 11.6 Å². The Kier molecular flexibility index (Phi) is 8.99. The number of rotatable bonds is 10. The number of esters is 1. The number of hydrogen-bond acceptors (Lipinski definition) is 5. The lowest BCUT2D eigenvalue weighted by molar-refractivity contribution is -0.148. The summed E-state index contributed by atoms with van der Waals surface area (Å²) >= 11 is 0. The Balaban J connectivity index is 1.99. The standard InChI is InChI=1S/C23H25F2NO5/c1-4-13-30-19-11-9-16(14-20(19)29-5-2)10-12-21(27)31-15(3)23(28)26-22-17(24)7-6-8-18(22)25/h6-12,14-15H,4-5,13H2,1-3H3,(H,26,28)/b12-10+. The highest BCUT2D eigenvalue weighted by Crippen LogP contribution is 2.29. The Labute approximate surface area is 179 Å². The van der Waals surface area contributed by atoms with E-state index in [1.807, 2.05) is 13.8 Å².